The van der Waals surface area contributed by atoms with Gasteiger partial charge in [-0.2, -0.15) is 0 Å². The zero-order valence-electron chi connectivity index (χ0n) is 19.1. The van der Waals surface area contributed by atoms with E-state index in [1.807, 2.05) is 13.0 Å². The smallest absolute Gasteiger partial charge is 0.154 e. The van der Waals surface area contributed by atoms with Crippen molar-refractivity contribution in [1.29, 1.82) is 0 Å². The maximum Gasteiger partial charge on any atom is 0.154 e. The molecule has 0 fully saturated rings. The molecule has 0 aliphatic rings. The molecule has 28 heavy (non-hydrogen) atoms. The van der Waals surface area contributed by atoms with Gasteiger partial charge in [0.05, 0.1) is 18.3 Å². The predicted octanol–water partition coefficient (Wildman–Crippen LogP) is 4.48. The van der Waals surface area contributed by atoms with E-state index in [0.29, 0.717) is 12.3 Å². The number of allylic oxidation sites excluding steroid dienone is 2. The van der Waals surface area contributed by atoms with Crippen LogP contribution in [0.1, 0.15) is 66.2 Å². The van der Waals surface area contributed by atoms with Gasteiger partial charge in [0, 0.05) is 33.7 Å². The summed E-state index contributed by atoms with van der Waals surface area (Å²) >= 11 is 0. The van der Waals surface area contributed by atoms with Crippen LogP contribution in [0.3, 0.4) is 0 Å². The van der Waals surface area contributed by atoms with Crippen LogP contribution in [0.15, 0.2) is 23.8 Å². The highest BCUT2D eigenvalue weighted by molar-refractivity contribution is 5.12. The van der Waals surface area contributed by atoms with Crippen LogP contribution in [-0.4, -0.2) is 56.1 Å². The monoisotopic (exact) mass is 400 g/mol. The Labute approximate surface area is 172 Å². The normalized spacial score (nSPS) is 19.4. The molecule has 0 aliphatic heterocycles. The molecule has 0 radical (unpaired) electrons. The van der Waals surface area contributed by atoms with Gasteiger partial charge in [0.25, 0.3) is 0 Å². The maximum absolute atomic E-state index is 10.4. The zero-order valence-corrected chi connectivity index (χ0v) is 19.1. The molecule has 0 bridgehead atoms. The van der Waals surface area contributed by atoms with E-state index in [0.717, 1.165) is 32.1 Å². The van der Waals surface area contributed by atoms with Crippen molar-refractivity contribution in [3.8, 4) is 0 Å². The minimum Gasteiger partial charge on any atom is -0.393 e. The summed E-state index contributed by atoms with van der Waals surface area (Å²) in [4.78, 5) is 0. The molecule has 5 nitrogen and oxygen atoms in total. The molecule has 0 saturated carbocycles. The molecule has 0 aromatic heterocycles. The summed E-state index contributed by atoms with van der Waals surface area (Å²) < 4.78 is 15.8. The van der Waals surface area contributed by atoms with Crippen LogP contribution < -0.4 is 0 Å². The highest BCUT2D eigenvalue weighted by atomic mass is 16.6. The third-order valence-electron chi connectivity index (χ3n) is 5.55. The highest BCUT2D eigenvalue weighted by Gasteiger charge is 2.18. The highest BCUT2D eigenvalue weighted by Crippen LogP contribution is 2.20. The second kappa shape index (κ2) is 16.1. The first-order chi connectivity index (χ1) is 13.3. The van der Waals surface area contributed by atoms with E-state index in [1.54, 1.807) is 14.2 Å². The van der Waals surface area contributed by atoms with Gasteiger partial charge < -0.3 is 24.4 Å². The quantitative estimate of drug-likeness (QED) is 0.295. The number of methoxy groups -OCH3 is 3. The topological polar surface area (TPSA) is 68.2 Å². The SMILES string of the molecule is CCC(OC)C(C)CCC(O)C(C)/C=C/C=C(\C)CC(CCC(O)OC)OC. The van der Waals surface area contributed by atoms with Crippen LogP contribution in [0.4, 0.5) is 0 Å². The van der Waals surface area contributed by atoms with Gasteiger partial charge in [0.2, 0.25) is 0 Å². The van der Waals surface area contributed by atoms with Crippen molar-refractivity contribution < 1.29 is 24.4 Å². The first-order valence-electron chi connectivity index (χ1n) is 10.6. The minimum absolute atomic E-state index is 0.0613. The Balaban J connectivity index is 4.40. The molecule has 0 rings (SSSR count). The lowest BCUT2D eigenvalue weighted by molar-refractivity contribution is -0.0854. The lowest BCUT2D eigenvalue weighted by Gasteiger charge is -2.23. The molecule has 0 aromatic rings. The summed E-state index contributed by atoms with van der Waals surface area (Å²) in [7, 11) is 4.95. The second-order valence-corrected chi connectivity index (χ2v) is 7.89. The van der Waals surface area contributed by atoms with Crippen LogP contribution in [-0.2, 0) is 14.2 Å². The average Bonchev–Trinajstić information content (AvgIpc) is 2.69. The fourth-order valence-corrected chi connectivity index (χ4v) is 3.38. The molecule has 0 heterocycles. The Hall–Kier alpha value is -0.720. The van der Waals surface area contributed by atoms with Gasteiger partial charge in [-0.15, -0.1) is 0 Å². The Morgan fingerprint density at radius 2 is 1.61 bits per heavy atom. The predicted molar refractivity (Wildman–Crippen MR) is 115 cm³/mol. The first kappa shape index (κ1) is 27.3. The molecule has 166 valence electrons. The third kappa shape index (κ3) is 12.0. The summed E-state index contributed by atoms with van der Waals surface area (Å²) in [6, 6.07) is 0. The number of aliphatic hydroxyl groups is 2. The largest absolute Gasteiger partial charge is 0.393 e. The number of hydrogen-bond acceptors (Lipinski definition) is 5. The van der Waals surface area contributed by atoms with Crippen molar-refractivity contribution in [3.63, 3.8) is 0 Å². The van der Waals surface area contributed by atoms with E-state index in [4.69, 9.17) is 14.2 Å². The van der Waals surface area contributed by atoms with Crippen molar-refractivity contribution in [2.45, 2.75) is 90.8 Å². The summed E-state index contributed by atoms with van der Waals surface area (Å²) in [5.41, 5.74) is 1.20. The van der Waals surface area contributed by atoms with E-state index >= 15 is 0 Å². The average molecular weight is 401 g/mol. The van der Waals surface area contributed by atoms with Gasteiger partial charge in [-0.25, -0.2) is 0 Å². The number of ether oxygens (including phenoxy) is 3. The molecular weight excluding hydrogens is 356 g/mol. The molecule has 6 atom stereocenters. The van der Waals surface area contributed by atoms with Crippen LogP contribution in [0.2, 0.25) is 0 Å². The standard InChI is InChI=1S/C23H44O5/c1-8-22(27-6)19(4)12-14-21(24)18(3)11-9-10-17(2)16-20(26-5)13-15-23(25)28-7/h9-11,18-25H,8,12-16H2,1-7H3/b11-9+,17-10+. The molecule has 0 spiro atoms. The summed E-state index contributed by atoms with van der Waals surface area (Å²) in [6.07, 6.45) is 10.3. The van der Waals surface area contributed by atoms with Crippen molar-refractivity contribution >= 4 is 0 Å². The van der Waals surface area contributed by atoms with Crippen molar-refractivity contribution in [2.75, 3.05) is 21.3 Å². The minimum atomic E-state index is -0.733. The van der Waals surface area contributed by atoms with Crippen molar-refractivity contribution in [2.24, 2.45) is 11.8 Å². The lowest BCUT2D eigenvalue weighted by Crippen LogP contribution is -2.23. The lowest BCUT2D eigenvalue weighted by atomic mass is 9.91. The van der Waals surface area contributed by atoms with Gasteiger partial charge in [-0.1, -0.05) is 44.6 Å². The van der Waals surface area contributed by atoms with E-state index < -0.39 is 6.29 Å². The second-order valence-electron chi connectivity index (χ2n) is 7.89. The number of aliphatic hydroxyl groups excluding tert-OH is 2. The van der Waals surface area contributed by atoms with Gasteiger partial charge in [0.1, 0.15) is 0 Å². The Kier molecular flexibility index (Phi) is 15.7. The number of hydrogen-bond donors (Lipinski definition) is 2. The Bertz CT molecular complexity index is 431. The van der Waals surface area contributed by atoms with E-state index in [2.05, 4.69) is 32.9 Å². The van der Waals surface area contributed by atoms with E-state index in [1.165, 1.54) is 12.7 Å². The van der Waals surface area contributed by atoms with Gasteiger partial charge in [-0.05, 0) is 44.9 Å². The van der Waals surface area contributed by atoms with Gasteiger partial charge in [0.15, 0.2) is 6.29 Å². The van der Waals surface area contributed by atoms with Gasteiger partial charge in [-0.3, -0.25) is 0 Å². The zero-order chi connectivity index (χ0) is 21.5. The van der Waals surface area contributed by atoms with E-state index in [-0.39, 0.29) is 24.2 Å². The molecule has 0 amide bonds. The fraction of sp³-hybridized carbons (Fsp3) is 0.826. The molecule has 0 aliphatic carbocycles. The van der Waals surface area contributed by atoms with Crippen LogP contribution >= 0.6 is 0 Å². The van der Waals surface area contributed by atoms with Crippen LogP contribution in [0, 0.1) is 11.8 Å². The Morgan fingerprint density at radius 3 is 2.14 bits per heavy atom. The maximum atomic E-state index is 10.4. The summed E-state index contributed by atoms with van der Waals surface area (Å²) in [5, 5.41) is 19.9. The third-order valence-corrected chi connectivity index (χ3v) is 5.55. The first-order valence-corrected chi connectivity index (χ1v) is 10.6. The molecule has 0 aromatic carbocycles. The fourth-order valence-electron chi connectivity index (χ4n) is 3.38. The van der Waals surface area contributed by atoms with Crippen molar-refractivity contribution in [3.05, 3.63) is 23.8 Å². The van der Waals surface area contributed by atoms with E-state index in [9.17, 15) is 10.2 Å². The Morgan fingerprint density at radius 1 is 0.929 bits per heavy atom. The summed E-state index contributed by atoms with van der Waals surface area (Å²) in [5.74, 6) is 0.555. The number of rotatable bonds is 16. The molecular formula is C23H44O5. The molecule has 5 heteroatoms. The van der Waals surface area contributed by atoms with Crippen LogP contribution in [0.5, 0.6) is 0 Å². The van der Waals surface area contributed by atoms with Crippen LogP contribution in [0.25, 0.3) is 0 Å². The molecule has 6 unspecified atom stereocenters. The molecule has 2 N–H and O–H groups in total. The molecule has 0 saturated heterocycles. The van der Waals surface area contributed by atoms with Gasteiger partial charge >= 0.3 is 0 Å². The van der Waals surface area contributed by atoms with Crippen molar-refractivity contribution in [1.82, 2.24) is 0 Å². The summed E-state index contributed by atoms with van der Waals surface area (Å²) in [6.45, 7) is 8.44.